The minimum absolute atomic E-state index is 0.175. The Bertz CT molecular complexity index is 1150. The summed E-state index contributed by atoms with van der Waals surface area (Å²) in [5, 5.41) is 5.68. The first-order valence-electron chi connectivity index (χ1n) is 11.0. The van der Waals surface area contributed by atoms with Crippen LogP contribution < -0.4 is 24.8 Å². The Morgan fingerprint density at radius 2 is 1.44 bits per heavy atom. The van der Waals surface area contributed by atoms with Gasteiger partial charge in [-0.3, -0.25) is 9.59 Å². The molecule has 34 heavy (non-hydrogen) atoms. The number of benzene rings is 3. The molecule has 0 aliphatic rings. The highest BCUT2D eigenvalue weighted by molar-refractivity contribution is 6.05. The Kier molecular flexibility index (Phi) is 8.51. The van der Waals surface area contributed by atoms with E-state index < -0.39 is 0 Å². The molecule has 0 unspecified atom stereocenters. The van der Waals surface area contributed by atoms with Crippen LogP contribution >= 0.6 is 0 Å². The number of hydrogen-bond donors (Lipinski definition) is 2. The molecule has 0 saturated heterocycles. The molecule has 0 bridgehead atoms. The number of ether oxygens (including phenoxy) is 3. The molecular weight excluding hydrogens is 432 g/mol. The van der Waals surface area contributed by atoms with E-state index in [4.69, 9.17) is 14.2 Å². The Morgan fingerprint density at radius 1 is 0.794 bits per heavy atom. The van der Waals surface area contributed by atoms with Crippen molar-refractivity contribution in [2.24, 2.45) is 0 Å². The Hall–Kier alpha value is -4.00. The van der Waals surface area contributed by atoms with E-state index in [1.165, 1.54) is 19.8 Å². The second kappa shape index (κ2) is 11.7. The van der Waals surface area contributed by atoms with Crippen molar-refractivity contribution < 1.29 is 23.8 Å². The van der Waals surface area contributed by atoms with Crippen LogP contribution in [0.25, 0.3) is 0 Å². The fraction of sp³-hybridized carbons (Fsp3) is 0.259. The molecule has 0 saturated carbocycles. The number of rotatable bonds is 10. The minimum Gasteiger partial charge on any atom is -0.494 e. The normalized spacial score (nSPS) is 10.4. The van der Waals surface area contributed by atoms with Crippen molar-refractivity contribution >= 4 is 23.2 Å². The van der Waals surface area contributed by atoms with E-state index in [0.29, 0.717) is 41.5 Å². The van der Waals surface area contributed by atoms with Crippen molar-refractivity contribution in [2.75, 3.05) is 31.5 Å². The van der Waals surface area contributed by atoms with Crippen LogP contribution in [0.2, 0.25) is 0 Å². The third-order valence-electron chi connectivity index (χ3n) is 5.44. The molecule has 7 nitrogen and oxygen atoms in total. The van der Waals surface area contributed by atoms with E-state index in [1.807, 2.05) is 38.1 Å². The van der Waals surface area contributed by atoms with E-state index in [2.05, 4.69) is 10.6 Å². The van der Waals surface area contributed by atoms with E-state index in [-0.39, 0.29) is 18.2 Å². The summed E-state index contributed by atoms with van der Waals surface area (Å²) in [6.07, 6.45) is 0.840. The molecule has 2 N–H and O–H groups in total. The lowest BCUT2D eigenvalue weighted by molar-refractivity contribution is -0.116. The van der Waals surface area contributed by atoms with Gasteiger partial charge >= 0.3 is 0 Å². The monoisotopic (exact) mass is 462 g/mol. The van der Waals surface area contributed by atoms with Gasteiger partial charge in [-0.05, 0) is 49.6 Å². The van der Waals surface area contributed by atoms with Gasteiger partial charge in [0.05, 0.1) is 32.2 Å². The number of carbonyl (C=O) groups excluding carboxylic acids is 2. The highest BCUT2D eigenvalue weighted by Gasteiger charge is 2.16. The quantitative estimate of drug-likeness (QED) is 0.396. The average molecular weight is 463 g/mol. The summed E-state index contributed by atoms with van der Waals surface area (Å²) in [5.41, 5.74) is 3.68. The lowest BCUT2D eigenvalue weighted by Crippen LogP contribution is -2.15. The molecule has 3 rings (SSSR count). The van der Waals surface area contributed by atoms with Gasteiger partial charge < -0.3 is 24.8 Å². The first-order valence-corrected chi connectivity index (χ1v) is 11.0. The van der Waals surface area contributed by atoms with Crippen LogP contribution in [0.1, 0.15) is 34.3 Å². The lowest BCUT2D eigenvalue weighted by Gasteiger charge is -2.16. The maximum atomic E-state index is 12.5. The molecule has 0 atom stereocenters. The molecule has 7 heteroatoms. The van der Waals surface area contributed by atoms with Crippen molar-refractivity contribution in [3.8, 4) is 17.2 Å². The zero-order valence-electron chi connectivity index (χ0n) is 19.9. The van der Waals surface area contributed by atoms with Crippen molar-refractivity contribution in [3.05, 3.63) is 77.4 Å². The molecule has 0 aromatic heterocycles. The van der Waals surface area contributed by atoms with E-state index >= 15 is 0 Å². The Morgan fingerprint density at radius 3 is 2.09 bits per heavy atom. The van der Waals surface area contributed by atoms with Crippen LogP contribution in [0.5, 0.6) is 17.2 Å². The first kappa shape index (κ1) is 24.6. The van der Waals surface area contributed by atoms with Gasteiger partial charge in [0.2, 0.25) is 5.91 Å². The van der Waals surface area contributed by atoms with Gasteiger partial charge in [0.1, 0.15) is 17.2 Å². The van der Waals surface area contributed by atoms with Crippen LogP contribution in [0.15, 0.2) is 60.7 Å². The molecule has 2 amide bonds. The van der Waals surface area contributed by atoms with Gasteiger partial charge in [0, 0.05) is 24.1 Å². The Balaban J connectivity index is 1.61. The van der Waals surface area contributed by atoms with E-state index in [9.17, 15) is 9.59 Å². The fourth-order valence-electron chi connectivity index (χ4n) is 3.39. The largest absolute Gasteiger partial charge is 0.494 e. The second-order valence-electron chi connectivity index (χ2n) is 7.77. The average Bonchev–Trinajstić information content (AvgIpc) is 2.85. The van der Waals surface area contributed by atoms with Crippen LogP contribution in [0, 0.1) is 13.8 Å². The fourth-order valence-corrected chi connectivity index (χ4v) is 3.39. The number of anilines is 2. The highest BCUT2D eigenvalue weighted by atomic mass is 16.5. The van der Waals surface area contributed by atoms with Crippen LogP contribution in [0.4, 0.5) is 11.4 Å². The number of methoxy groups -OCH3 is 2. The zero-order valence-corrected chi connectivity index (χ0v) is 19.9. The topological polar surface area (TPSA) is 85.9 Å². The van der Waals surface area contributed by atoms with Crippen LogP contribution in [0.3, 0.4) is 0 Å². The van der Waals surface area contributed by atoms with E-state index in [0.717, 1.165) is 11.3 Å². The van der Waals surface area contributed by atoms with Crippen molar-refractivity contribution in [1.82, 2.24) is 0 Å². The predicted octanol–water partition coefficient (Wildman–Crippen LogP) is 5.37. The summed E-state index contributed by atoms with van der Waals surface area (Å²) >= 11 is 0. The molecule has 0 aliphatic carbocycles. The molecule has 3 aromatic rings. The lowest BCUT2D eigenvalue weighted by atomic mass is 10.1. The summed E-state index contributed by atoms with van der Waals surface area (Å²) in [6.45, 7) is 4.49. The molecule has 0 spiro atoms. The molecule has 0 heterocycles. The SMILES string of the molecule is COc1cc(NC(=O)c2ccccc2)c(OC)cc1NC(=O)CCCOc1cccc(C)c1C. The Labute approximate surface area is 200 Å². The van der Waals surface area contributed by atoms with Crippen LogP contribution in [-0.2, 0) is 4.79 Å². The highest BCUT2D eigenvalue weighted by Crippen LogP contribution is 2.36. The smallest absolute Gasteiger partial charge is 0.255 e. The van der Waals surface area contributed by atoms with Gasteiger partial charge in [-0.2, -0.15) is 0 Å². The van der Waals surface area contributed by atoms with Gasteiger partial charge in [-0.25, -0.2) is 0 Å². The first-order chi connectivity index (χ1) is 16.4. The van der Waals surface area contributed by atoms with Crippen molar-refractivity contribution in [1.29, 1.82) is 0 Å². The molecule has 0 fully saturated rings. The van der Waals surface area contributed by atoms with Gasteiger partial charge in [0.15, 0.2) is 0 Å². The zero-order chi connectivity index (χ0) is 24.5. The second-order valence-corrected chi connectivity index (χ2v) is 7.77. The molecule has 0 aliphatic heterocycles. The molecular formula is C27H30N2O5. The van der Waals surface area contributed by atoms with Crippen molar-refractivity contribution in [2.45, 2.75) is 26.7 Å². The summed E-state index contributed by atoms with van der Waals surface area (Å²) < 4.78 is 16.7. The predicted molar refractivity (Wildman–Crippen MR) is 133 cm³/mol. The maximum Gasteiger partial charge on any atom is 0.255 e. The molecule has 3 aromatic carbocycles. The number of carbonyl (C=O) groups is 2. The third-order valence-corrected chi connectivity index (χ3v) is 5.44. The van der Waals surface area contributed by atoms with Crippen molar-refractivity contribution in [3.63, 3.8) is 0 Å². The van der Waals surface area contributed by atoms with Crippen LogP contribution in [-0.4, -0.2) is 32.6 Å². The summed E-state index contributed by atoms with van der Waals surface area (Å²) in [5.74, 6) is 1.19. The minimum atomic E-state index is -0.276. The van der Waals surface area contributed by atoms with Gasteiger partial charge in [-0.15, -0.1) is 0 Å². The molecule has 0 radical (unpaired) electrons. The number of hydrogen-bond acceptors (Lipinski definition) is 5. The maximum absolute atomic E-state index is 12.5. The molecule has 178 valence electrons. The number of nitrogens with one attached hydrogen (secondary N) is 2. The van der Waals surface area contributed by atoms with Gasteiger partial charge in [-0.1, -0.05) is 30.3 Å². The third kappa shape index (κ3) is 6.28. The summed E-state index contributed by atoms with van der Waals surface area (Å²) in [4.78, 5) is 25.1. The van der Waals surface area contributed by atoms with Gasteiger partial charge in [0.25, 0.3) is 5.91 Å². The summed E-state index contributed by atoms with van der Waals surface area (Å²) in [6, 6.07) is 18.0. The number of aryl methyl sites for hydroxylation is 1. The number of amides is 2. The van der Waals surface area contributed by atoms with E-state index in [1.54, 1.807) is 36.4 Å². The standard InChI is InChI=1S/C27H30N2O5/c1-18-10-8-13-23(19(18)2)34-15-9-14-26(30)28-21-16-25(33-4)22(17-24(21)32-3)29-27(31)20-11-6-5-7-12-20/h5-8,10-13,16-17H,9,14-15H2,1-4H3,(H,28,30)(H,29,31). The summed E-state index contributed by atoms with van der Waals surface area (Å²) in [7, 11) is 2.99.